The summed E-state index contributed by atoms with van der Waals surface area (Å²) in [6.07, 6.45) is 17.3. The molecular formula is C53H68BrCl2Mg2N9O3. The number of carbonyl (C=O) groups excluding carboxylic acids is 1. The molecule has 0 saturated carbocycles. The third kappa shape index (κ3) is 28.5. The average Bonchev–Trinajstić information content (AvgIpc) is 3.67. The number of nitrogens with one attached hydrogen (secondary N) is 1. The van der Waals surface area contributed by atoms with Gasteiger partial charge in [0, 0.05) is 54.5 Å². The van der Waals surface area contributed by atoms with Gasteiger partial charge >= 0.3 is 46.1 Å². The SMILES string of the molecule is C.C.CC(=O)c1ccc(C#N)cc1.CC(C)(O)c1ccc(C#N)cc1.CCCc1cnccn1.CCc1c(-c2ccc(C(C)(C)O)cc2)[nH]c2nccnc12.Clc1cnccn1.[Br-].[CH2-]CC.[CH3-].[Cl-].[Mg+2].[Mg+2]. The maximum atomic E-state index is 10.8. The maximum Gasteiger partial charge on any atom is 2.00 e. The van der Waals surface area contributed by atoms with Gasteiger partial charge in [-0.25, -0.2) is 9.97 Å². The molecule has 0 radical (unpaired) electrons. The molecule has 0 saturated heterocycles. The van der Waals surface area contributed by atoms with Crippen LogP contribution in [0.3, 0.4) is 0 Å². The molecule has 17 heteroatoms. The van der Waals surface area contributed by atoms with Crippen LogP contribution in [0.4, 0.5) is 0 Å². The van der Waals surface area contributed by atoms with Crippen LogP contribution in [0.1, 0.15) is 127 Å². The summed E-state index contributed by atoms with van der Waals surface area (Å²) in [5.74, 6) is 0.0227. The van der Waals surface area contributed by atoms with Crippen LogP contribution in [0.15, 0.2) is 122 Å². The second-order valence-corrected chi connectivity index (χ2v) is 15.1. The van der Waals surface area contributed by atoms with Crippen molar-refractivity contribution in [1.82, 2.24) is 34.9 Å². The largest absolute Gasteiger partial charge is 2.00 e. The van der Waals surface area contributed by atoms with Gasteiger partial charge in [0.15, 0.2) is 11.4 Å². The number of H-pyrrole nitrogens is 1. The van der Waals surface area contributed by atoms with Crippen molar-refractivity contribution in [3.05, 3.63) is 181 Å². The number of nitriles is 2. The summed E-state index contributed by atoms with van der Waals surface area (Å²) >= 11 is 5.37. The molecule has 70 heavy (non-hydrogen) atoms. The van der Waals surface area contributed by atoms with E-state index >= 15 is 0 Å². The van der Waals surface area contributed by atoms with E-state index in [1.165, 1.54) is 18.7 Å². The fourth-order valence-corrected chi connectivity index (χ4v) is 5.44. The molecule has 0 aliphatic heterocycles. The zero-order valence-electron chi connectivity index (χ0n) is 40.5. The predicted molar refractivity (Wildman–Crippen MR) is 282 cm³/mol. The summed E-state index contributed by atoms with van der Waals surface area (Å²) in [5, 5.41) is 37.0. The molecule has 368 valence electrons. The average molecular weight is 1080 g/mol. The molecule has 0 amide bonds. The third-order valence-corrected chi connectivity index (χ3v) is 8.75. The topological polar surface area (TPSA) is 198 Å². The van der Waals surface area contributed by atoms with E-state index in [2.05, 4.69) is 55.7 Å². The molecule has 12 nitrogen and oxygen atoms in total. The predicted octanol–water partition coefficient (Wildman–Crippen LogP) is 5.72. The first-order valence-corrected chi connectivity index (χ1v) is 20.7. The van der Waals surface area contributed by atoms with E-state index < -0.39 is 11.2 Å². The number of halogens is 3. The molecule has 0 bridgehead atoms. The maximum absolute atomic E-state index is 10.8. The molecule has 3 N–H and O–H groups in total. The minimum atomic E-state index is -0.825. The van der Waals surface area contributed by atoms with Crippen molar-refractivity contribution in [3.8, 4) is 23.4 Å². The third-order valence-electron chi connectivity index (χ3n) is 8.56. The van der Waals surface area contributed by atoms with Crippen LogP contribution in [0, 0.1) is 37.0 Å². The standard InChI is InChI=1S/C17H19N3O.C10H11NO.C9H7NO.C7H10N2.C4H3ClN2.C3H7.2CH4.CH3.BrH.ClH.2Mg/c1-4-13-14(20-16-15(13)18-9-10-19-16)11-5-7-12(8-6-11)17(2,3)21;1-10(2,12)9-5-3-8(7-11)4-6-9;1-7(11)9-4-2-8(6-10)3-5-9;1-2-3-7-6-8-4-5-9-7;5-4-3-6-1-2-7-4;1-3-2;;;;;;;/h5-10,21H,4H2,1-3H3,(H,19,20);3-6,12H,1-2H3;2-5H,1H3;4-6H,2-3H2,1H3;1-3H;1,3H2,2H3;2*1H4;1H3;2*1H;;/q;;;;;-1;;;-1;;;2*+2/p-2. The van der Waals surface area contributed by atoms with E-state index in [9.17, 15) is 15.0 Å². The normalized spacial score (nSPS) is 9.17. The van der Waals surface area contributed by atoms with E-state index in [-0.39, 0.29) is 104 Å². The fourth-order valence-electron chi connectivity index (χ4n) is 5.33. The van der Waals surface area contributed by atoms with Crippen LogP contribution in [0.25, 0.3) is 22.4 Å². The van der Waals surface area contributed by atoms with Crippen molar-refractivity contribution >= 4 is 74.7 Å². The van der Waals surface area contributed by atoms with Gasteiger partial charge in [-0.2, -0.15) is 16.9 Å². The van der Waals surface area contributed by atoms with Gasteiger partial charge in [0.2, 0.25) is 0 Å². The van der Waals surface area contributed by atoms with E-state index in [0.29, 0.717) is 21.8 Å². The number of rotatable bonds is 7. The number of hydrogen-bond donors (Lipinski definition) is 3. The Morgan fingerprint density at radius 1 is 0.714 bits per heavy atom. The first-order valence-electron chi connectivity index (χ1n) is 20.4. The Kier molecular flexibility index (Phi) is 45.4. The first-order chi connectivity index (χ1) is 30.0. The Morgan fingerprint density at radius 3 is 1.50 bits per heavy atom. The Hall–Kier alpha value is -4.40. The zero-order chi connectivity index (χ0) is 46.8. The van der Waals surface area contributed by atoms with Gasteiger partial charge in [-0.3, -0.25) is 24.7 Å². The van der Waals surface area contributed by atoms with Crippen LogP contribution in [-0.2, 0) is 24.0 Å². The van der Waals surface area contributed by atoms with E-state index in [1.54, 1.807) is 113 Å². The number of aryl methyl sites for hydroxylation is 2. The quantitative estimate of drug-likeness (QED) is 0.100. The Balaban J connectivity index is -0.000000184. The number of aliphatic hydroxyl groups is 2. The van der Waals surface area contributed by atoms with Gasteiger partial charge in [-0.15, -0.1) is 0 Å². The summed E-state index contributed by atoms with van der Waals surface area (Å²) in [5.41, 5.74) is 8.05. The van der Waals surface area contributed by atoms with Crippen LogP contribution in [0.5, 0.6) is 0 Å². The van der Waals surface area contributed by atoms with Gasteiger partial charge in [0.05, 0.1) is 52.1 Å². The molecule has 0 aliphatic rings. The molecule has 4 aromatic heterocycles. The van der Waals surface area contributed by atoms with Crippen molar-refractivity contribution in [2.24, 2.45) is 0 Å². The second-order valence-electron chi connectivity index (χ2n) is 14.7. The molecule has 0 spiro atoms. The van der Waals surface area contributed by atoms with Crippen molar-refractivity contribution in [1.29, 1.82) is 10.5 Å². The number of ketones is 1. The van der Waals surface area contributed by atoms with Crippen LogP contribution >= 0.6 is 11.6 Å². The van der Waals surface area contributed by atoms with E-state index in [1.807, 2.05) is 49.5 Å². The minimum absolute atomic E-state index is 0. The van der Waals surface area contributed by atoms with Crippen molar-refractivity contribution in [2.45, 2.75) is 107 Å². The Morgan fingerprint density at radius 2 is 1.14 bits per heavy atom. The van der Waals surface area contributed by atoms with Gasteiger partial charge in [-0.1, -0.05) is 102 Å². The summed E-state index contributed by atoms with van der Waals surface area (Å²) in [6.45, 7) is 18.3. The van der Waals surface area contributed by atoms with Gasteiger partial charge < -0.3 is 58.9 Å². The minimum Gasteiger partial charge on any atom is -1.00 e. The number of fused-ring (bicyclic) bond motifs is 1. The van der Waals surface area contributed by atoms with Gasteiger partial charge in [-0.05, 0) is 88.4 Å². The molecule has 0 aliphatic carbocycles. The molecule has 7 rings (SSSR count). The molecule has 7 aromatic rings. The Labute approximate surface area is 472 Å². The smallest absolute Gasteiger partial charge is 1.00 e. The Bertz CT molecular complexity index is 2480. The molecule has 0 unspecified atom stereocenters. The number of hydrogen-bond acceptors (Lipinski definition) is 11. The number of benzene rings is 3. The monoisotopic (exact) mass is 1080 g/mol. The molecule has 3 aromatic carbocycles. The summed E-state index contributed by atoms with van der Waals surface area (Å²) in [7, 11) is 0. The van der Waals surface area contributed by atoms with Crippen LogP contribution in [-0.4, -0.2) is 97.0 Å². The van der Waals surface area contributed by atoms with Crippen molar-refractivity contribution < 1.29 is 44.4 Å². The summed E-state index contributed by atoms with van der Waals surface area (Å²) in [4.78, 5) is 38.3. The zero-order valence-corrected chi connectivity index (χ0v) is 46.4. The first kappa shape index (κ1) is 77.1. The van der Waals surface area contributed by atoms with Crippen molar-refractivity contribution in [3.63, 3.8) is 0 Å². The molecule has 0 atom stereocenters. The van der Waals surface area contributed by atoms with E-state index in [4.69, 9.17) is 22.1 Å². The molecule has 0 fully saturated rings. The fraction of sp³-hybridized carbons (Fsp3) is 0.302. The van der Waals surface area contributed by atoms with Crippen LogP contribution < -0.4 is 29.4 Å². The summed E-state index contributed by atoms with van der Waals surface area (Å²) < 4.78 is 0. The van der Waals surface area contributed by atoms with Gasteiger partial charge in [0.25, 0.3) is 0 Å². The number of nitrogens with zero attached hydrogens (tertiary/aromatic N) is 8. The van der Waals surface area contributed by atoms with Crippen LogP contribution in [0.2, 0.25) is 5.15 Å². The number of aromatic amines is 1. The number of Topliss-reactive ketones (excluding diaryl/α,β-unsaturated/α-hetero) is 1. The number of aromatic nitrogens is 7. The van der Waals surface area contributed by atoms with Crippen molar-refractivity contribution in [2.75, 3.05) is 0 Å². The van der Waals surface area contributed by atoms with Gasteiger partial charge in [0.1, 0.15) is 10.7 Å². The molecular weight excluding hydrogens is 1010 g/mol. The molecule has 4 heterocycles. The number of carbonyl (C=O) groups is 1. The second kappa shape index (κ2) is 41.2. The van der Waals surface area contributed by atoms with E-state index in [0.717, 1.165) is 64.9 Å². The summed E-state index contributed by atoms with van der Waals surface area (Å²) in [6, 6.07) is 25.5.